The smallest absolute Gasteiger partial charge is 0.136 e. The second-order valence-corrected chi connectivity index (χ2v) is 5.49. The molecular weight excluding hydrogens is 248 g/mol. The molecule has 0 aliphatic carbocycles. The van der Waals surface area contributed by atoms with E-state index < -0.39 is 0 Å². The fourth-order valence-corrected chi connectivity index (χ4v) is 2.77. The highest BCUT2D eigenvalue weighted by atomic mass is 35.5. The molecule has 80 valence electrons. The van der Waals surface area contributed by atoms with Crippen LogP contribution >= 0.6 is 35.6 Å². The van der Waals surface area contributed by atoms with Crippen molar-refractivity contribution in [3.8, 4) is 0 Å². The maximum Gasteiger partial charge on any atom is 0.136 e. The first-order chi connectivity index (χ1) is 7.25. The Morgan fingerprint density at radius 1 is 1.53 bits per heavy atom. The maximum absolute atomic E-state index is 5.73. The average molecular weight is 259 g/mol. The van der Waals surface area contributed by atoms with Crippen LogP contribution in [-0.2, 0) is 6.54 Å². The van der Waals surface area contributed by atoms with E-state index >= 15 is 0 Å². The van der Waals surface area contributed by atoms with Crippen molar-refractivity contribution in [2.75, 3.05) is 12.3 Å². The lowest BCUT2D eigenvalue weighted by atomic mass is 10.2. The minimum absolute atomic E-state index is 0.536. The average Bonchev–Trinajstić information content (AvgIpc) is 2.25. The highest BCUT2D eigenvalue weighted by Gasteiger charge is 2.15. The van der Waals surface area contributed by atoms with E-state index in [-0.39, 0.29) is 0 Å². The van der Waals surface area contributed by atoms with E-state index in [4.69, 9.17) is 23.8 Å². The number of hydrogen-bond acceptors (Lipinski definition) is 3. The van der Waals surface area contributed by atoms with Crippen molar-refractivity contribution in [1.82, 2.24) is 9.88 Å². The highest BCUT2D eigenvalue weighted by Crippen LogP contribution is 2.20. The van der Waals surface area contributed by atoms with Gasteiger partial charge in [0.2, 0.25) is 0 Å². The predicted molar refractivity (Wildman–Crippen MR) is 69.3 cm³/mol. The fraction of sp³-hybridized carbons (Fsp3) is 0.400. The first-order valence-corrected chi connectivity index (χ1v) is 6.55. The molecule has 5 heteroatoms. The van der Waals surface area contributed by atoms with Crippen molar-refractivity contribution in [2.45, 2.75) is 13.0 Å². The molecule has 1 aromatic rings. The summed E-state index contributed by atoms with van der Waals surface area (Å²) in [5.41, 5.74) is 1.16. The summed E-state index contributed by atoms with van der Waals surface area (Å²) in [5.74, 6) is 1.15. The Morgan fingerprint density at radius 3 is 3.07 bits per heavy atom. The fourth-order valence-electron chi connectivity index (χ4n) is 1.46. The van der Waals surface area contributed by atoms with E-state index in [1.54, 1.807) is 11.8 Å². The van der Waals surface area contributed by atoms with Crippen LogP contribution in [0.25, 0.3) is 0 Å². The van der Waals surface area contributed by atoms with Crippen LogP contribution in [0.2, 0.25) is 5.15 Å². The van der Waals surface area contributed by atoms with Crippen molar-refractivity contribution >= 4 is 39.9 Å². The molecule has 1 saturated heterocycles. The van der Waals surface area contributed by atoms with Gasteiger partial charge < -0.3 is 4.90 Å². The molecule has 0 unspecified atom stereocenters. The lowest BCUT2D eigenvalue weighted by Crippen LogP contribution is -2.32. The molecule has 0 atom stereocenters. The molecule has 0 spiro atoms. The van der Waals surface area contributed by atoms with Crippen molar-refractivity contribution in [2.24, 2.45) is 0 Å². The predicted octanol–water partition coefficient (Wildman–Crippen LogP) is 2.96. The van der Waals surface area contributed by atoms with Crippen LogP contribution in [0.1, 0.15) is 12.0 Å². The third-order valence-electron chi connectivity index (χ3n) is 2.22. The third kappa shape index (κ3) is 3.06. The number of pyridine rings is 1. The van der Waals surface area contributed by atoms with Crippen molar-refractivity contribution in [3.05, 3.63) is 29.0 Å². The van der Waals surface area contributed by atoms with Crippen molar-refractivity contribution in [3.63, 3.8) is 0 Å². The monoisotopic (exact) mass is 258 g/mol. The second-order valence-electron chi connectivity index (χ2n) is 3.38. The van der Waals surface area contributed by atoms with Crippen LogP contribution in [0, 0.1) is 0 Å². The van der Waals surface area contributed by atoms with Gasteiger partial charge in [-0.25, -0.2) is 4.98 Å². The van der Waals surface area contributed by atoms with Gasteiger partial charge in [-0.15, -0.1) is 0 Å². The van der Waals surface area contributed by atoms with Gasteiger partial charge in [-0.1, -0.05) is 41.6 Å². The Balaban J connectivity index is 2.01. The largest absolute Gasteiger partial charge is 0.353 e. The lowest BCUT2D eigenvalue weighted by molar-refractivity contribution is 0.422. The molecule has 1 aliphatic heterocycles. The molecule has 2 heterocycles. The molecule has 2 rings (SSSR count). The third-order valence-corrected chi connectivity index (χ3v) is 4.05. The van der Waals surface area contributed by atoms with Crippen LogP contribution in [0.5, 0.6) is 0 Å². The number of thiocarbonyl (C=S) groups is 1. The summed E-state index contributed by atoms with van der Waals surface area (Å²) in [4.78, 5) is 6.28. The van der Waals surface area contributed by atoms with Gasteiger partial charge >= 0.3 is 0 Å². The standard InChI is InChI=1S/C10H11ClN2S2/c11-9-3-2-8(6-12-9)7-13-4-1-5-15-10(13)14/h2-3,6H,1,4-5,7H2. The zero-order valence-electron chi connectivity index (χ0n) is 8.15. The molecule has 0 radical (unpaired) electrons. The molecule has 1 fully saturated rings. The van der Waals surface area contributed by atoms with Gasteiger partial charge in [0.15, 0.2) is 0 Å². The first kappa shape index (κ1) is 11.2. The minimum Gasteiger partial charge on any atom is -0.353 e. The summed E-state index contributed by atoms with van der Waals surface area (Å²) in [6, 6.07) is 3.81. The molecule has 0 saturated carbocycles. The highest BCUT2D eigenvalue weighted by molar-refractivity contribution is 8.22. The Kier molecular flexibility index (Phi) is 3.83. The molecular formula is C10H11ClN2S2. The number of aromatic nitrogens is 1. The Morgan fingerprint density at radius 2 is 2.40 bits per heavy atom. The molecule has 15 heavy (non-hydrogen) atoms. The van der Waals surface area contributed by atoms with E-state index in [0.29, 0.717) is 5.15 Å². The molecule has 0 N–H and O–H groups in total. The SMILES string of the molecule is S=C1SCCCN1Cc1ccc(Cl)nc1. The van der Waals surface area contributed by atoms with E-state index in [2.05, 4.69) is 9.88 Å². The van der Waals surface area contributed by atoms with Gasteiger partial charge in [-0.3, -0.25) is 0 Å². The van der Waals surface area contributed by atoms with Crippen LogP contribution in [0.3, 0.4) is 0 Å². The summed E-state index contributed by atoms with van der Waals surface area (Å²) in [6.07, 6.45) is 3.01. The summed E-state index contributed by atoms with van der Waals surface area (Å²) < 4.78 is 0.996. The van der Waals surface area contributed by atoms with Crippen LogP contribution < -0.4 is 0 Å². The second kappa shape index (κ2) is 5.14. The van der Waals surface area contributed by atoms with Gasteiger partial charge in [0.1, 0.15) is 9.47 Å². The first-order valence-electron chi connectivity index (χ1n) is 4.78. The Bertz CT molecular complexity index is 353. The van der Waals surface area contributed by atoms with Gasteiger partial charge in [-0.2, -0.15) is 0 Å². The summed E-state index contributed by atoms with van der Waals surface area (Å²) in [5, 5.41) is 0.536. The molecule has 0 amide bonds. The van der Waals surface area contributed by atoms with Gasteiger partial charge in [0.25, 0.3) is 0 Å². The quantitative estimate of drug-likeness (QED) is 0.599. The van der Waals surface area contributed by atoms with Gasteiger partial charge in [0.05, 0.1) is 0 Å². The van der Waals surface area contributed by atoms with E-state index in [1.165, 1.54) is 6.42 Å². The molecule has 0 bridgehead atoms. The molecule has 0 aromatic carbocycles. The van der Waals surface area contributed by atoms with E-state index in [9.17, 15) is 0 Å². The van der Waals surface area contributed by atoms with Crippen LogP contribution in [0.4, 0.5) is 0 Å². The van der Waals surface area contributed by atoms with Crippen LogP contribution in [-0.4, -0.2) is 26.5 Å². The summed E-state index contributed by atoms with van der Waals surface area (Å²) in [7, 11) is 0. The lowest BCUT2D eigenvalue weighted by Gasteiger charge is -2.28. The summed E-state index contributed by atoms with van der Waals surface area (Å²) in [6.45, 7) is 1.89. The number of nitrogens with zero attached hydrogens (tertiary/aromatic N) is 2. The molecule has 1 aromatic heterocycles. The van der Waals surface area contributed by atoms with Gasteiger partial charge in [0, 0.05) is 25.0 Å². The van der Waals surface area contributed by atoms with Crippen molar-refractivity contribution in [1.29, 1.82) is 0 Å². The zero-order valence-corrected chi connectivity index (χ0v) is 10.5. The maximum atomic E-state index is 5.73. The topological polar surface area (TPSA) is 16.1 Å². The number of thioether (sulfide) groups is 1. The minimum atomic E-state index is 0.536. The van der Waals surface area contributed by atoms with E-state index in [0.717, 1.165) is 28.7 Å². The van der Waals surface area contributed by atoms with E-state index in [1.807, 2.05) is 18.3 Å². The van der Waals surface area contributed by atoms with Gasteiger partial charge in [-0.05, 0) is 18.1 Å². The van der Waals surface area contributed by atoms with Crippen molar-refractivity contribution < 1.29 is 0 Å². The number of hydrogen-bond donors (Lipinski definition) is 0. The Labute approximate surface area is 104 Å². The molecule has 2 nitrogen and oxygen atoms in total. The van der Waals surface area contributed by atoms with Crippen LogP contribution in [0.15, 0.2) is 18.3 Å². The summed E-state index contributed by atoms with van der Waals surface area (Å²) >= 11 is 12.8. The zero-order chi connectivity index (χ0) is 10.7. The Hall–Kier alpha value is -0.320. The normalized spacial score (nSPS) is 16.9. The number of halogens is 1. The number of rotatable bonds is 2. The molecule has 1 aliphatic rings.